The summed E-state index contributed by atoms with van der Waals surface area (Å²) in [6.07, 6.45) is 0. The first kappa shape index (κ1) is 16.3. The average molecular weight is 378 g/mol. The zero-order valence-corrected chi connectivity index (χ0v) is 15.3. The molecule has 0 amide bonds. The Morgan fingerprint density at radius 1 is 1.08 bits per heavy atom. The van der Waals surface area contributed by atoms with Gasteiger partial charge >= 0.3 is 0 Å². The SMILES string of the molecule is Clc1ccc(C(c2nc3ccccc3s2)N2CCNCC2)c(Cl)c1. The van der Waals surface area contributed by atoms with E-state index in [1.165, 1.54) is 4.70 Å². The average Bonchev–Trinajstić information content (AvgIpc) is 3.01. The molecule has 0 radical (unpaired) electrons. The van der Waals surface area contributed by atoms with Crippen LogP contribution in [0.3, 0.4) is 0 Å². The van der Waals surface area contributed by atoms with Gasteiger partial charge in [0.05, 0.1) is 16.3 Å². The third-order valence-electron chi connectivity index (χ3n) is 4.32. The first-order valence-corrected chi connectivity index (χ1v) is 9.55. The van der Waals surface area contributed by atoms with Crippen LogP contribution in [-0.4, -0.2) is 36.1 Å². The van der Waals surface area contributed by atoms with E-state index in [0.29, 0.717) is 10.0 Å². The Hall–Kier alpha value is -1.17. The lowest BCUT2D eigenvalue weighted by molar-refractivity contribution is 0.198. The molecule has 1 atom stereocenters. The van der Waals surface area contributed by atoms with Gasteiger partial charge in [-0.3, -0.25) is 4.90 Å². The smallest absolute Gasteiger partial charge is 0.116 e. The van der Waals surface area contributed by atoms with E-state index in [0.717, 1.165) is 42.3 Å². The first-order valence-electron chi connectivity index (χ1n) is 7.97. The molecule has 0 saturated carbocycles. The zero-order chi connectivity index (χ0) is 16.5. The van der Waals surface area contributed by atoms with Crippen LogP contribution in [0.1, 0.15) is 16.6 Å². The highest BCUT2D eigenvalue weighted by atomic mass is 35.5. The summed E-state index contributed by atoms with van der Waals surface area (Å²) in [5, 5.41) is 5.85. The maximum absolute atomic E-state index is 6.54. The minimum atomic E-state index is 0.0641. The number of nitrogens with zero attached hydrogens (tertiary/aromatic N) is 2. The largest absolute Gasteiger partial charge is 0.314 e. The van der Waals surface area contributed by atoms with Crippen molar-refractivity contribution in [2.75, 3.05) is 26.2 Å². The minimum Gasteiger partial charge on any atom is -0.314 e. The van der Waals surface area contributed by atoms with Gasteiger partial charge in [-0.2, -0.15) is 0 Å². The van der Waals surface area contributed by atoms with E-state index < -0.39 is 0 Å². The second-order valence-corrected chi connectivity index (χ2v) is 7.78. The van der Waals surface area contributed by atoms with Crippen molar-refractivity contribution < 1.29 is 0 Å². The molecule has 124 valence electrons. The number of hydrogen-bond donors (Lipinski definition) is 1. The highest BCUT2D eigenvalue weighted by Crippen LogP contribution is 2.38. The fourth-order valence-electron chi connectivity index (χ4n) is 3.16. The molecule has 2 heterocycles. The Bertz CT molecular complexity index is 825. The molecule has 1 unspecified atom stereocenters. The summed E-state index contributed by atoms with van der Waals surface area (Å²) in [5.74, 6) is 0. The van der Waals surface area contributed by atoms with Gasteiger partial charge in [0.15, 0.2) is 0 Å². The molecule has 3 nitrogen and oxygen atoms in total. The van der Waals surface area contributed by atoms with Gasteiger partial charge in [0.1, 0.15) is 5.01 Å². The van der Waals surface area contributed by atoms with Crippen molar-refractivity contribution in [3.05, 3.63) is 63.1 Å². The maximum Gasteiger partial charge on any atom is 0.116 e. The Kier molecular flexibility index (Phi) is 4.74. The number of halogens is 2. The molecule has 0 spiro atoms. The van der Waals surface area contributed by atoms with Crippen LogP contribution in [0.2, 0.25) is 10.0 Å². The van der Waals surface area contributed by atoms with E-state index in [9.17, 15) is 0 Å². The van der Waals surface area contributed by atoms with Crippen molar-refractivity contribution in [3.8, 4) is 0 Å². The topological polar surface area (TPSA) is 28.2 Å². The molecule has 3 aromatic rings. The van der Waals surface area contributed by atoms with Crippen molar-refractivity contribution in [2.45, 2.75) is 6.04 Å². The number of aromatic nitrogens is 1. The summed E-state index contributed by atoms with van der Waals surface area (Å²) in [6.45, 7) is 3.90. The van der Waals surface area contributed by atoms with E-state index in [1.807, 2.05) is 24.3 Å². The molecule has 1 fully saturated rings. The number of para-hydroxylation sites is 1. The van der Waals surface area contributed by atoms with Gasteiger partial charge in [-0.15, -0.1) is 11.3 Å². The number of fused-ring (bicyclic) bond motifs is 1. The predicted octanol–water partition coefficient (Wildman–Crippen LogP) is 4.60. The van der Waals surface area contributed by atoms with Gasteiger partial charge in [0.25, 0.3) is 0 Å². The Morgan fingerprint density at radius 2 is 1.88 bits per heavy atom. The summed E-state index contributed by atoms with van der Waals surface area (Å²) < 4.78 is 1.21. The highest BCUT2D eigenvalue weighted by molar-refractivity contribution is 7.18. The number of rotatable bonds is 3. The van der Waals surface area contributed by atoms with Gasteiger partial charge in [-0.05, 0) is 29.8 Å². The lowest BCUT2D eigenvalue weighted by atomic mass is 10.0. The molecule has 0 aliphatic carbocycles. The van der Waals surface area contributed by atoms with Crippen LogP contribution in [-0.2, 0) is 0 Å². The molecule has 2 aromatic carbocycles. The predicted molar refractivity (Wildman–Crippen MR) is 102 cm³/mol. The number of hydrogen-bond acceptors (Lipinski definition) is 4. The third kappa shape index (κ3) is 3.17. The fraction of sp³-hybridized carbons (Fsp3) is 0.278. The molecule has 24 heavy (non-hydrogen) atoms. The second kappa shape index (κ2) is 6.98. The molecule has 1 aliphatic heterocycles. The number of benzene rings is 2. The van der Waals surface area contributed by atoms with Gasteiger partial charge < -0.3 is 5.32 Å². The van der Waals surface area contributed by atoms with Crippen LogP contribution in [0, 0.1) is 0 Å². The van der Waals surface area contributed by atoms with Crippen molar-refractivity contribution in [3.63, 3.8) is 0 Å². The minimum absolute atomic E-state index is 0.0641. The summed E-state index contributed by atoms with van der Waals surface area (Å²) in [6, 6.07) is 14.1. The fourth-order valence-corrected chi connectivity index (χ4v) is 4.79. The number of piperazine rings is 1. The van der Waals surface area contributed by atoms with Gasteiger partial charge in [0.2, 0.25) is 0 Å². The van der Waals surface area contributed by atoms with Crippen LogP contribution in [0.15, 0.2) is 42.5 Å². The molecule has 1 aliphatic rings. The molecule has 6 heteroatoms. The van der Waals surface area contributed by atoms with E-state index in [1.54, 1.807) is 11.3 Å². The van der Waals surface area contributed by atoms with Crippen molar-refractivity contribution in [2.24, 2.45) is 0 Å². The molecule has 0 bridgehead atoms. The van der Waals surface area contributed by atoms with Crippen molar-refractivity contribution >= 4 is 44.8 Å². The third-order valence-corrected chi connectivity index (χ3v) is 5.97. The van der Waals surface area contributed by atoms with E-state index in [-0.39, 0.29) is 6.04 Å². The highest BCUT2D eigenvalue weighted by Gasteiger charge is 2.28. The number of thiazole rings is 1. The molecule has 1 aromatic heterocycles. The summed E-state index contributed by atoms with van der Waals surface area (Å²) in [5.41, 5.74) is 2.12. The molecular formula is C18H17Cl2N3S. The molecular weight excluding hydrogens is 361 g/mol. The standard InChI is InChI=1S/C18H17Cl2N3S/c19-12-5-6-13(14(20)11-12)17(23-9-7-21-8-10-23)18-22-15-3-1-2-4-16(15)24-18/h1-6,11,17,21H,7-10H2. The molecule has 1 N–H and O–H groups in total. The Morgan fingerprint density at radius 3 is 2.62 bits per heavy atom. The summed E-state index contributed by atoms with van der Waals surface area (Å²) in [7, 11) is 0. The quantitative estimate of drug-likeness (QED) is 0.722. The summed E-state index contributed by atoms with van der Waals surface area (Å²) >= 11 is 14.4. The monoisotopic (exact) mass is 377 g/mol. The normalized spacial score (nSPS) is 17.2. The van der Waals surface area contributed by atoms with Crippen LogP contribution < -0.4 is 5.32 Å². The second-order valence-electron chi connectivity index (χ2n) is 5.87. The van der Waals surface area contributed by atoms with Crippen LogP contribution in [0.25, 0.3) is 10.2 Å². The molecule has 1 saturated heterocycles. The zero-order valence-electron chi connectivity index (χ0n) is 13.0. The lowest BCUT2D eigenvalue weighted by Crippen LogP contribution is -2.45. The van der Waals surface area contributed by atoms with E-state index in [2.05, 4.69) is 28.4 Å². The van der Waals surface area contributed by atoms with E-state index >= 15 is 0 Å². The van der Waals surface area contributed by atoms with E-state index in [4.69, 9.17) is 28.2 Å². The van der Waals surface area contributed by atoms with Gasteiger partial charge in [-0.1, -0.05) is 41.4 Å². The van der Waals surface area contributed by atoms with Gasteiger partial charge in [0, 0.05) is 36.2 Å². The Labute approximate surface area is 155 Å². The summed E-state index contributed by atoms with van der Waals surface area (Å²) in [4.78, 5) is 7.34. The first-order chi connectivity index (χ1) is 11.7. The Balaban J connectivity index is 1.82. The van der Waals surface area contributed by atoms with Crippen LogP contribution >= 0.6 is 34.5 Å². The van der Waals surface area contributed by atoms with Crippen LogP contribution in [0.5, 0.6) is 0 Å². The lowest BCUT2D eigenvalue weighted by Gasteiger charge is -2.34. The van der Waals surface area contributed by atoms with Crippen molar-refractivity contribution in [1.29, 1.82) is 0 Å². The molecule has 4 rings (SSSR count). The van der Waals surface area contributed by atoms with Crippen LogP contribution in [0.4, 0.5) is 0 Å². The maximum atomic E-state index is 6.54. The van der Waals surface area contributed by atoms with Gasteiger partial charge in [-0.25, -0.2) is 4.98 Å². The van der Waals surface area contributed by atoms with Crippen molar-refractivity contribution in [1.82, 2.24) is 15.2 Å². The number of nitrogens with one attached hydrogen (secondary N) is 1.